The zero-order valence-corrected chi connectivity index (χ0v) is 14.4. The standard InChI is InChI=1S/C18H28O4/c1-13(2)8-7-9-14(3)10-18(22-17(6)20)11-15(4)12-21-16(5)19/h8,10,18H,4,7,9,11-12H2,1-3,5-6H3/b14-10-/t18-/m1/s1. The molecule has 0 saturated carbocycles. The van der Waals surface area contributed by atoms with Gasteiger partial charge in [0.1, 0.15) is 12.7 Å². The van der Waals surface area contributed by atoms with Crippen molar-refractivity contribution in [3.8, 4) is 0 Å². The lowest BCUT2D eigenvalue weighted by Crippen LogP contribution is -2.17. The average molecular weight is 308 g/mol. The number of hydrogen-bond acceptors (Lipinski definition) is 4. The number of esters is 2. The molecule has 0 aromatic rings. The Bertz CT molecular complexity index is 454. The Labute approximate surface area is 133 Å². The molecule has 0 aliphatic rings. The van der Waals surface area contributed by atoms with Crippen molar-refractivity contribution in [1.82, 2.24) is 0 Å². The zero-order chi connectivity index (χ0) is 17.1. The van der Waals surface area contributed by atoms with Crippen molar-refractivity contribution in [3.63, 3.8) is 0 Å². The summed E-state index contributed by atoms with van der Waals surface area (Å²) in [5, 5.41) is 0. The van der Waals surface area contributed by atoms with Crippen LogP contribution in [0.4, 0.5) is 0 Å². The van der Waals surface area contributed by atoms with Gasteiger partial charge in [-0.25, -0.2) is 0 Å². The molecule has 4 heteroatoms. The van der Waals surface area contributed by atoms with Crippen LogP contribution in [0.1, 0.15) is 53.9 Å². The van der Waals surface area contributed by atoms with Gasteiger partial charge in [-0.05, 0) is 45.3 Å². The molecule has 0 saturated heterocycles. The van der Waals surface area contributed by atoms with E-state index in [2.05, 4.69) is 26.5 Å². The topological polar surface area (TPSA) is 52.6 Å². The van der Waals surface area contributed by atoms with Gasteiger partial charge in [-0.2, -0.15) is 0 Å². The van der Waals surface area contributed by atoms with Gasteiger partial charge in [0.05, 0.1) is 0 Å². The van der Waals surface area contributed by atoms with Gasteiger partial charge in [-0.3, -0.25) is 9.59 Å². The third kappa shape index (κ3) is 11.9. The van der Waals surface area contributed by atoms with Crippen molar-refractivity contribution in [2.45, 2.75) is 60.0 Å². The van der Waals surface area contributed by atoms with Crippen LogP contribution in [0.15, 0.2) is 35.5 Å². The molecule has 4 nitrogen and oxygen atoms in total. The van der Waals surface area contributed by atoms with Crippen LogP contribution in [0.5, 0.6) is 0 Å². The Balaban J connectivity index is 4.61. The molecule has 0 aliphatic carbocycles. The minimum absolute atomic E-state index is 0.151. The fourth-order valence-corrected chi connectivity index (χ4v) is 1.88. The SMILES string of the molecule is C=C(COC(C)=O)C[C@@H](/C=C(/C)CCC=C(C)C)OC(C)=O. The summed E-state index contributed by atoms with van der Waals surface area (Å²) in [5.74, 6) is -0.683. The van der Waals surface area contributed by atoms with Gasteiger partial charge in [-0.1, -0.05) is 23.8 Å². The summed E-state index contributed by atoms with van der Waals surface area (Å²) in [4.78, 5) is 22.0. The first-order valence-corrected chi connectivity index (χ1v) is 7.48. The van der Waals surface area contributed by atoms with Crippen molar-refractivity contribution < 1.29 is 19.1 Å². The average Bonchev–Trinajstić information content (AvgIpc) is 2.34. The summed E-state index contributed by atoms with van der Waals surface area (Å²) >= 11 is 0. The second kappa shape index (κ2) is 10.8. The van der Waals surface area contributed by atoms with Gasteiger partial charge in [0.15, 0.2) is 0 Å². The molecule has 0 spiro atoms. The zero-order valence-electron chi connectivity index (χ0n) is 14.4. The summed E-state index contributed by atoms with van der Waals surface area (Å²) < 4.78 is 10.2. The van der Waals surface area contributed by atoms with E-state index in [1.165, 1.54) is 19.4 Å². The molecule has 0 N–H and O–H groups in total. The number of hydrogen-bond donors (Lipinski definition) is 0. The van der Waals surface area contributed by atoms with E-state index >= 15 is 0 Å². The highest BCUT2D eigenvalue weighted by Crippen LogP contribution is 2.15. The lowest BCUT2D eigenvalue weighted by Gasteiger charge is -2.16. The van der Waals surface area contributed by atoms with E-state index in [0.29, 0.717) is 6.42 Å². The van der Waals surface area contributed by atoms with E-state index in [1.54, 1.807) is 0 Å². The number of allylic oxidation sites excluding steroid dienone is 3. The van der Waals surface area contributed by atoms with E-state index in [0.717, 1.165) is 24.0 Å². The van der Waals surface area contributed by atoms with Gasteiger partial charge >= 0.3 is 11.9 Å². The third-order valence-electron chi connectivity index (χ3n) is 2.85. The Hall–Kier alpha value is -1.84. The first kappa shape index (κ1) is 20.2. The molecule has 0 rings (SSSR count). The molecule has 0 unspecified atom stereocenters. The molecule has 0 radical (unpaired) electrons. The maximum absolute atomic E-state index is 11.2. The van der Waals surface area contributed by atoms with Gasteiger partial charge in [0.2, 0.25) is 0 Å². The molecule has 0 aromatic heterocycles. The summed E-state index contributed by atoms with van der Waals surface area (Å²) in [5.41, 5.74) is 3.16. The molecule has 0 bridgehead atoms. The van der Waals surface area contributed by atoms with Crippen LogP contribution in [0.2, 0.25) is 0 Å². The predicted molar refractivity (Wildman–Crippen MR) is 88.4 cm³/mol. The lowest BCUT2D eigenvalue weighted by molar-refractivity contribution is -0.145. The van der Waals surface area contributed by atoms with Crippen LogP contribution >= 0.6 is 0 Å². The Kier molecular flexibility index (Phi) is 9.92. The Morgan fingerprint density at radius 1 is 1.09 bits per heavy atom. The highest BCUT2D eigenvalue weighted by Gasteiger charge is 2.12. The largest absolute Gasteiger partial charge is 0.461 e. The minimum Gasteiger partial charge on any atom is -0.461 e. The van der Waals surface area contributed by atoms with E-state index in [-0.39, 0.29) is 24.6 Å². The van der Waals surface area contributed by atoms with Crippen LogP contribution in [0.25, 0.3) is 0 Å². The van der Waals surface area contributed by atoms with Gasteiger partial charge in [0, 0.05) is 20.3 Å². The van der Waals surface area contributed by atoms with E-state index in [4.69, 9.17) is 9.47 Å². The maximum Gasteiger partial charge on any atom is 0.303 e. The maximum atomic E-state index is 11.2. The lowest BCUT2D eigenvalue weighted by atomic mass is 10.0. The molecule has 0 heterocycles. The Morgan fingerprint density at radius 2 is 1.73 bits per heavy atom. The number of rotatable bonds is 9. The van der Waals surface area contributed by atoms with Crippen LogP contribution < -0.4 is 0 Å². The molecule has 0 aromatic carbocycles. The summed E-state index contributed by atoms with van der Waals surface area (Å²) in [6.07, 6.45) is 6.09. The van der Waals surface area contributed by atoms with E-state index in [1.807, 2.05) is 13.0 Å². The summed E-state index contributed by atoms with van der Waals surface area (Å²) in [6, 6.07) is 0. The molecule has 0 fully saturated rings. The third-order valence-corrected chi connectivity index (χ3v) is 2.85. The fourth-order valence-electron chi connectivity index (χ4n) is 1.88. The van der Waals surface area contributed by atoms with Gasteiger partial charge < -0.3 is 9.47 Å². The highest BCUT2D eigenvalue weighted by molar-refractivity contribution is 5.66. The smallest absolute Gasteiger partial charge is 0.303 e. The molecule has 22 heavy (non-hydrogen) atoms. The molecular formula is C18H28O4. The van der Waals surface area contributed by atoms with Gasteiger partial charge in [0.25, 0.3) is 0 Å². The second-order valence-corrected chi connectivity index (χ2v) is 5.72. The van der Waals surface area contributed by atoms with E-state index < -0.39 is 0 Å². The van der Waals surface area contributed by atoms with Crippen LogP contribution in [-0.4, -0.2) is 24.6 Å². The molecular weight excluding hydrogens is 280 g/mol. The summed E-state index contributed by atoms with van der Waals surface area (Å²) in [6.45, 7) is 12.9. The Morgan fingerprint density at radius 3 is 2.23 bits per heavy atom. The van der Waals surface area contributed by atoms with Crippen molar-refractivity contribution in [2.75, 3.05) is 6.61 Å². The molecule has 0 amide bonds. The first-order chi connectivity index (χ1) is 10.2. The number of ether oxygens (including phenoxy) is 2. The first-order valence-electron chi connectivity index (χ1n) is 7.48. The van der Waals surface area contributed by atoms with Crippen molar-refractivity contribution in [1.29, 1.82) is 0 Å². The van der Waals surface area contributed by atoms with Crippen LogP contribution in [-0.2, 0) is 19.1 Å². The molecule has 124 valence electrons. The van der Waals surface area contributed by atoms with Crippen molar-refractivity contribution in [3.05, 3.63) is 35.5 Å². The van der Waals surface area contributed by atoms with E-state index in [9.17, 15) is 9.59 Å². The summed E-state index contributed by atoms with van der Waals surface area (Å²) in [7, 11) is 0. The van der Waals surface area contributed by atoms with Gasteiger partial charge in [-0.15, -0.1) is 0 Å². The normalized spacial score (nSPS) is 12.3. The number of carbonyl (C=O) groups is 2. The quantitative estimate of drug-likeness (QED) is 0.475. The second-order valence-electron chi connectivity index (χ2n) is 5.72. The van der Waals surface area contributed by atoms with Crippen molar-refractivity contribution in [2.24, 2.45) is 0 Å². The minimum atomic E-state index is -0.368. The van der Waals surface area contributed by atoms with Crippen LogP contribution in [0.3, 0.4) is 0 Å². The molecule has 1 atom stereocenters. The fraction of sp³-hybridized carbons (Fsp3) is 0.556. The monoisotopic (exact) mass is 308 g/mol. The van der Waals surface area contributed by atoms with Crippen molar-refractivity contribution >= 4 is 11.9 Å². The predicted octanol–water partition coefficient (Wildman–Crippen LogP) is 4.12. The highest BCUT2D eigenvalue weighted by atomic mass is 16.5. The van der Waals surface area contributed by atoms with Crippen LogP contribution in [0, 0.1) is 0 Å². The molecule has 0 aliphatic heterocycles. The number of carbonyl (C=O) groups excluding carboxylic acids is 2.